The largest absolute Gasteiger partial charge is 0.494 e. The van der Waals surface area contributed by atoms with Gasteiger partial charge in [0.1, 0.15) is 11.6 Å². The fourth-order valence-electron chi connectivity index (χ4n) is 4.94. The number of amides is 1. The highest BCUT2D eigenvalue weighted by Crippen LogP contribution is 2.47. The molecule has 2 aromatic carbocycles. The lowest BCUT2D eigenvalue weighted by Crippen LogP contribution is -2.38. The number of ether oxygens (including phenoxy) is 1. The van der Waals surface area contributed by atoms with Crippen molar-refractivity contribution < 1.29 is 14.3 Å². The minimum absolute atomic E-state index is 0.00243. The number of thioether (sulfide) groups is 1. The van der Waals surface area contributed by atoms with Crippen LogP contribution in [0.25, 0.3) is 0 Å². The maximum Gasteiger partial charge on any atom is 0.234 e. The lowest BCUT2D eigenvalue weighted by molar-refractivity contribution is -0.116. The third-order valence-corrected chi connectivity index (χ3v) is 8.81. The van der Waals surface area contributed by atoms with Crippen LogP contribution >= 0.6 is 23.1 Å². The third kappa shape index (κ3) is 5.46. The minimum atomic E-state index is -0.563. The van der Waals surface area contributed by atoms with Crippen molar-refractivity contribution in [2.75, 3.05) is 22.6 Å². The molecule has 11 heteroatoms. The number of nitrogens with zero attached hydrogens (tertiary/aromatic N) is 4. The summed E-state index contributed by atoms with van der Waals surface area (Å²) in [5.74, 6) is 0.393. The van der Waals surface area contributed by atoms with E-state index in [4.69, 9.17) is 10.5 Å². The van der Waals surface area contributed by atoms with Gasteiger partial charge < -0.3 is 15.8 Å². The van der Waals surface area contributed by atoms with E-state index >= 15 is 0 Å². The van der Waals surface area contributed by atoms with E-state index < -0.39 is 5.92 Å². The molecule has 1 atom stereocenters. The van der Waals surface area contributed by atoms with Crippen molar-refractivity contribution in [3.63, 3.8) is 0 Å². The van der Waals surface area contributed by atoms with Crippen molar-refractivity contribution in [2.24, 2.45) is 5.73 Å². The Kier molecular flexibility index (Phi) is 8.19. The second-order valence-electron chi connectivity index (χ2n) is 9.32. The van der Waals surface area contributed by atoms with Gasteiger partial charge in [0.05, 0.1) is 29.9 Å². The van der Waals surface area contributed by atoms with Crippen molar-refractivity contribution in [2.45, 2.75) is 43.4 Å². The predicted molar refractivity (Wildman–Crippen MR) is 156 cm³/mol. The smallest absolute Gasteiger partial charge is 0.234 e. The number of hydrogen-bond acceptors (Lipinski definition) is 10. The number of nitriles is 1. The molecule has 1 amide bonds. The van der Waals surface area contributed by atoms with Crippen LogP contribution in [-0.2, 0) is 9.59 Å². The summed E-state index contributed by atoms with van der Waals surface area (Å²) >= 11 is 2.54. The first-order valence-electron chi connectivity index (χ1n) is 12.9. The average molecular weight is 573 g/mol. The minimum Gasteiger partial charge on any atom is -0.494 e. The van der Waals surface area contributed by atoms with Gasteiger partial charge in [0.15, 0.2) is 10.1 Å². The average Bonchev–Trinajstić information content (AvgIpc) is 3.42. The van der Waals surface area contributed by atoms with Crippen LogP contribution in [0.1, 0.15) is 43.2 Å². The van der Waals surface area contributed by atoms with Gasteiger partial charge in [-0.3, -0.25) is 14.5 Å². The number of benzene rings is 2. The first-order chi connectivity index (χ1) is 19.4. The number of hydrogen-bond donors (Lipinski definition) is 2. The molecular weight excluding hydrogens is 544 g/mol. The zero-order valence-corrected chi connectivity index (χ0v) is 23.8. The lowest BCUT2D eigenvalue weighted by atomic mass is 9.76. The third-order valence-electron chi connectivity index (χ3n) is 6.77. The first-order valence-corrected chi connectivity index (χ1v) is 14.7. The lowest BCUT2D eigenvalue weighted by Gasteiger charge is -2.38. The molecule has 1 aliphatic carbocycles. The Morgan fingerprint density at radius 1 is 1.23 bits per heavy atom. The fourth-order valence-corrected chi connectivity index (χ4v) is 6.62. The zero-order valence-electron chi connectivity index (χ0n) is 22.1. The molecule has 0 saturated carbocycles. The van der Waals surface area contributed by atoms with Gasteiger partial charge in [-0.15, -0.1) is 10.2 Å². The number of aryl methyl sites for hydroxylation is 1. The number of carbonyl (C=O) groups excluding carboxylic acids is 2. The van der Waals surface area contributed by atoms with Gasteiger partial charge in [-0.05, 0) is 56.0 Å². The van der Waals surface area contributed by atoms with E-state index in [2.05, 4.69) is 21.6 Å². The van der Waals surface area contributed by atoms with Crippen molar-refractivity contribution in [1.82, 2.24) is 10.2 Å². The number of carbonyl (C=O) groups is 2. The summed E-state index contributed by atoms with van der Waals surface area (Å²) in [5.41, 5.74) is 10.8. The molecule has 0 fully saturated rings. The number of ketones is 1. The molecular formula is C29H28N6O3S2. The molecule has 0 spiro atoms. The fraction of sp³-hybridized carbons (Fsp3) is 0.276. The Labute approximate surface area is 240 Å². The summed E-state index contributed by atoms with van der Waals surface area (Å²) in [4.78, 5) is 27.6. The van der Waals surface area contributed by atoms with Crippen molar-refractivity contribution in [1.29, 1.82) is 5.26 Å². The molecule has 0 radical (unpaired) electrons. The number of rotatable bonds is 8. The molecule has 1 aromatic heterocycles. The van der Waals surface area contributed by atoms with Crippen molar-refractivity contribution in [3.05, 3.63) is 82.3 Å². The number of anilines is 2. The van der Waals surface area contributed by atoms with Crippen LogP contribution in [0.5, 0.6) is 5.75 Å². The molecule has 1 unspecified atom stereocenters. The second kappa shape index (κ2) is 11.9. The molecule has 3 N–H and O–H groups in total. The van der Waals surface area contributed by atoms with Crippen molar-refractivity contribution in [3.8, 4) is 11.8 Å². The second-order valence-corrected chi connectivity index (χ2v) is 11.5. The molecule has 204 valence electrons. The highest BCUT2D eigenvalue weighted by molar-refractivity contribution is 8.01. The summed E-state index contributed by atoms with van der Waals surface area (Å²) < 4.78 is 6.15. The summed E-state index contributed by atoms with van der Waals surface area (Å²) in [6, 6.07) is 17.3. The van der Waals surface area contributed by atoms with Crippen LogP contribution in [-0.4, -0.2) is 34.2 Å². The van der Waals surface area contributed by atoms with Gasteiger partial charge in [-0.1, -0.05) is 53.4 Å². The van der Waals surface area contributed by atoms with Crippen LogP contribution in [0.2, 0.25) is 0 Å². The quantitative estimate of drug-likeness (QED) is 0.346. The molecule has 5 rings (SSSR count). The van der Waals surface area contributed by atoms with Crippen LogP contribution < -0.4 is 20.7 Å². The van der Waals surface area contributed by atoms with E-state index in [0.717, 1.165) is 28.3 Å². The van der Waals surface area contributed by atoms with Gasteiger partial charge in [0.2, 0.25) is 11.0 Å². The van der Waals surface area contributed by atoms with Crippen molar-refractivity contribution >= 4 is 45.6 Å². The molecule has 2 heterocycles. The Balaban J connectivity index is 1.42. The topological polar surface area (TPSA) is 134 Å². The summed E-state index contributed by atoms with van der Waals surface area (Å²) in [6.07, 6.45) is 1.71. The van der Waals surface area contributed by atoms with E-state index in [0.29, 0.717) is 46.5 Å². The number of allylic oxidation sites excluding steroid dienone is 3. The molecule has 2 aliphatic rings. The van der Waals surface area contributed by atoms with Crippen LogP contribution in [0.4, 0.5) is 10.8 Å². The summed E-state index contributed by atoms with van der Waals surface area (Å²) in [5, 5.41) is 22.2. The van der Waals surface area contributed by atoms with Gasteiger partial charge in [-0.25, -0.2) is 0 Å². The molecule has 40 heavy (non-hydrogen) atoms. The van der Waals surface area contributed by atoms with E-state index in [9.17, 15) is 14.9 Å². The highest BCUT2D eigenvalue weighted by Gasteiger charge is 2.41. The zero-order chi connectivity index (χ0) is 28.2. The van der Waals surface area contributed by atoms with E-state index in [1.54, 1.807) is 4.90 Å². The normalized spacial score (nSPS) is 17.0. The van der Waals surface area contributed by atoms with Crippen LogP contribution in [0.3, 0.4) is 0 Å². The molecule has 9 nitrogen and oxygen atoms in total. The first kappa shape index (κ1) is 27.4. The maximum atomic E-state index is 13.3. The molecule has 0 saturated heterocycles. The van der Waals surface area contributed by atoms with Gasteiger partial charge in [0, 0.05) is 23.4 Å². The maximum absolute atomic E-state index is 13.3. The van der Waals surface area contributed by atoms with Gasteiger partial charge in [0.25, 0.3) is 0 Å². The van der Waals surface area contributed by atoms with Crippen LogP contribution in [0, 0.1) is 18.3 Å². The number of Topliss-reactive ketones (excluding diaryl/α,β-unsaturated/α-hetero) is 1. The number of para-hydroxylation sites is 1. The van der Waals surface area contributed by atoms with E-state index in [1.165, 1.54) is 23.1 Å². The van der Waals surface area contributed by atoms with E-state index in [1.807, 2.05) is 62.4 Å². The Morgan fingerprint density at radius 2 is 2.00 bits per heavy atom. The SMILES string of the molecule is CCOc1ccc(C2C(C#N)=C(N)N(c3nnc(SCC(=O)Nc4ccccc4C)s3)C3=C2C(=O)CCC3)cc1. The molecule has 3 aromatic rings. The van der Waals surface area contributed by atoms with E-state index in [-0.39, 0.29) is 23.3 Å². The number of nitrogens with one attached hydrogen (secondary N) is 1. The highest BCUT2D eigenvalue weighted by atomic mass is 32.2. The molecule has 1 aliphatic heterocycles. The van der Waals surface area contributed by atoms with Crippen LogP contribution in [0.15, 0.2) is 75.5 Å². The Morgan fingerprint density at radius 3 is 2.73 bits per heavy atom. The Hall–Kier alpha value is -4.14. The molecule has 0 bridgehead atoms. The standard InChI is InChI=1S/C29H28N6O3S2/c1-3-38-19-13-11-18(12-14-19)25-20(15-30)27(31)35(22-9-6-10-23(36)26(22)25)28-33-34-29(40-28)39-16-24(37)32-21-8-5-4-7-17(21)2/h4-5,7-8,11-14,25H,3,6,9-10,16,31H2,1-2H3,(H,32,37). The number of aromatic nitrogens is 2. The summed E-state index contributed by atoms with van der Waals surface area (Å²) in [6.45, 7) is 4.39. The summed E-state index contributed by atoms with van der Waals surface area (Å²) in [7, 11) is 0. The predicted octanol–water partition coefficient (Wildman–Crippen LogP) is 5.28. The monoisotopic (exact) mass is 572 g/mol. The van der Waals surface area contributed by atoms with Gasteiger partial charge in [-0.2, -0.15) is 5.26 Å². The number of nitrogens with two attached hydrogens (primary N) is 1. The van der Waals surface area contributed by atoms with Gasteiger partial charge >= 0.3 is 0 Å². The Bertz CT molecular complexity index is 1550.